The number of nitriles is 1. The van der Waals surface area contributed by atoms with Gasteiger partial charge in [-0.1, -0.05) is 12.1 Å². The van der Waals surface area contributed by atoms with Crippen molar-refractivity contribution in [3.8, 4) is 6.07 Å². The first-order chi connectivity index (χ1) is 14.2. The van der Waals surface area contributed by atoms with E-state index in [1.165, 1.54) is 28.5 Å². The third kappa shape index (κ3) is 3.24. The number of carbonyl (C=O) groups excluding carboxylic acids is 1. The Hall–Kier alpha value is -2.32. The molecular weight excluding hydrogens is 360 g/mol. The summed E-state index contributed by atoms with van der Waals surface area (Å²) in [5, 5.41) is 11.2. The molecular formula is C24H30N4O. The fourth-order valence-electron chi connectivity index (χ4n) is 6.10. The predicted octanol–water partition coefficient (Wildman–Crippen LogP) is 3.67. The maximum Gasteiger partial charge on any atom is 0.239 e. The maximum absolute atomic E-state index is 12.9. The van der Waals surface area contributed by atoms with Gasteiger partial charge < -0.3 is 14.8 Å². The van der Waals surface area contributed by atoms with Gasteiger partial charge in [0, 0.05) is 48.7 Å². The number of fused-ring (bicyclic) bond motifs is 2. The topological polar surface area (TPSA) is 63.1 Å². The van der Waals surface area contributed by atoms with E-state index in [0.29, 0.717) is 24.3 Å². The molecule has 4 atom stereocenters. The third-order valence-corrected chi connectivity index (χ3v) is 7.50. The Morgan fingerprint density at radius 2 is 2.14 bits per heavy atom. The van der Waals surface area contributed by atoms with Crippen LogP contribution in [0.25, 0.3) is 10.9 Å². The summed E-state index contributed by atoms with van der Waals surface area (Å²) >= 11 is 0. The Morgan fingerprint density at radius 1 is 1.31 bits per heavy atom. The number of hydrogen-bond donors (Lipinski definition) is 1. The Morgan fingerprint density at radius 3 is 2.93 bits per heavy atom. The molecule has 2 unspecified atom stereocenters. The second-order valence-electron chi connectivity index (χ2n) is 9.31. The molecule has 0 radical (unpaired) electrons. The van der Waals surface area contributed by atoms with Crippen LogP contribution in [0.2, 0.25) is 0 Å². The lowest BCUT2D eigenvalue weighted by Crippen LogP contribution is -2.48. The Kier molecular flexibility index (Phi) is 4.83. The van der Waals surface area contributed by atoms with Crippen LogP contribution in [0.5, 0.6) is 0 Å². The predicted molar refractivity (Wildman–Crippen MR) is 113 cm³/mol. The van der Waals surface area contributed by atoms with E-state index < -0.39 is 5.92 Å². The minimum Gasteiger partial charge on any atom is -0.361 e. The van der Waals surface area contributed by atoms with Crippen LogP contribution in [0.1, 0.15) is 49.1 Å². The number of carbonyl (C=O) groups is 1. The quantitative estimate of drug-likeness (QED) is 0.870. The zero-order valence-corrected chi connectivity index (χ0v) is 17.2. The highest BCUT2D eigenvalue weighted by Crippen LogP contribution is 2.45. The molecule has 2 aromatic rings. The maximum atomic E-state index is 12.9. The van der Waals surface area contributed by atoms with Crippen molar-refractivity contribution >= 4 is 16.8 Å². The van der Waals surface area contributed by atoms with Crippen LogP contribution < -0.4 is 0 Å². The van der Waals surface area contributed by atoms with E-state index in [-0.39, 0.29) is 5.91 Å². The van der Waals surface area contributed by atoms with Gasteiger partial charge >= 0.3 is 0 Å². The monoisotopic (exact) mass is 390 g/mol. The number of aromatic nitrogens is 1. The second-order valence-corrected chi connectivity index (χ2v) is 9.31. The molecule has 2 fully saturated rings. The minimum absolute atomic E-state index is 0.0654. The van der Waals surface area contributed by atoms with Crippen molar-refractivity contribution in [2.75, 3.05) is 26.7 Å². The summed E-state index contributed by atoms with van der Waals surface area (Å²) in [6.07, 6.45) is 8.36. The third-order valence-electron chi connectivity index (χ3n) is 7.50. The summed E-state index contributed by atoms with van der Waals surface area (Å²) in [6.45, 7) is 2.62. The number of nitrogens with one attached hydrogen (secondary N) is 1. The molecule has 5 rings (SSSR count). The normalized spacial score (nSPS) is 28.0. The highest BCUT2D eigenvalue weighted by molar-refractivity contribution is 5.88. The summed E-state index contributed by atoms with van der Waals surface area (Å²) < 4.78 is 0. The number of piperidine rings is 2. The highest BCUT2D eigenvalue weighted by atomic mass is 16.2. The van der Waals surface area contributed by atoms with Gasteiger partial charge in [-0.25, -0.2) is 0 Å². The number of aromatic amines is 1. The van der Waals surface area contributed by atoms with Crippen molar-refractivity contribution in [3.05, 3.63) is 35.5 Å². The lowest BCUT2D eigenvalue weighted by molar-refractivity contribution is -0.135. The van der Waals surface area contributed by atoms with Gasteiger partial charge in [-0.05, 0) is 68.7 Å². The van der Waals surface area contributed by atoms with Crippen LogP contribution in [0.3, 0.4) is 0 Å². The number of rotatable bonds is 3. The van der Waals surface area contributed by atoms with E-state index in [0.717, 1.165) is 45.3 Å². The van der Waals surface area contributed by atoms with Crippen molar-refractivity contribution in [2.24, 2.45) is 11.8 Å². The fourth-order valence-corrected chi connectivity index (χ4v) is 6.10. The molecule has 5 heteroatoms. The van der Waals surface area contributed by atoms with E-state index in [1.54, 1.807) is 0 Å². The van der Waals surface area contributed by atoms with E-state index >= 15 is 0 Å². The molecule has 3 aliphatic rings. The van der Waals surface area contributed by atoms with Crippen molar-refractivity contribution < 1.29 is 4.79 Å². The number of hydrogen-bond acceptors (Lipinski definition) is 3. The molecule has 0 saturated carbocycles. The summed E-state index contributed by atoms with van der Waals surface area (Å²) in [6, 6.07) is 9.46. The van der Waals surface area contributed by atoms with Crippen molar-refractivity contribution in [1.29, 1.82) is 5.26 Å². The van der Waals surface area contributed by atoms with Crippen molar-refractivity contribution in [3.63, 3.8) is 0 Å². The Bertz CT molecular complexity index is 951. The zero-order chi connectivity index (χ0) is 20.0. The van der Waals surface area contributed by atoms with Gasteiger partial charge in [-0.2, -0.15) is 5.26 Å². The largest absolute Gasteiger partial charge is 0.361 e. The fraction of sp³-hybridized carbons (Fsp3) is 0.583. The number of likely N-dealkylation sites (N-methyl/N-ethyl adjacent to an activating group) is 1. The van der Waals surface area contributed by atoms with Crippen LogP contribution >= 0.6 is 0 Å². The van der Waals surface area contributed by atoms with E-state index in [4.69, 9.17) is 0 Å². The molecule has 1 amide bonds. The number of nitrogens with zero attached hydrogens (tertiary/aromatic N) is 3. The molecule has 2 saturated heterocycles. The van der Waals surface area contributed by atoms with Crippen LogP contribution in [-0.4, -0.2) is 53.4 Å². The molecule has 1 aliphatic carbocycles. The number of likely N-dealkylation sites (tertiary alicyclic amines) is 2. The summed E-state index contributed by atoms with van der Waals surface area (Å²) in [5.74, 6) is 0.437. The Labute approximate surface area is 172 Å². The van der Waals surface area contributed by atoms with Crippen molar-refractivity contribution in [2.45, 2.75) is 50.5 Å². The van der Waals surface area contributed by atoms with Crippen LogP contribution in [0, 0.1) is 23.2 Å². The number of amides is 1. The molecule has 5 nitrogen and oxygen atoms in total. The lowest BCUT2D eigenvalue weighted by atomic mass is 9.71. The summed E-state index contributed by atoms with van der Waals surface area (Å²) in [4.78, 5) is 20.8. The molecule has 1 aromatic carbocycles. The summed E-state index contributed by atoms with van der Waals surface area (Å²) in [7, 11) is 2.22. The molecule has 29 heavy (non-hydrogen) atoms. The minimum atomic E-state index is -0.495. The first-order valence-electron chi connectivity index (χ1n) is 11.1. The van der Waals surface area contributed by atoms with Crippen LogP contribution in [0.4, 0.5) is 0 Å². The van der Waals surface area contributed by atoms with E-state index in [2.05, 4.69) is 47.4 Å². The molecule has 0 spiro atoms. The van der Waals surface area contributed by atoms with Gasteiger partial charge in [-0.15, -0.1) is 0 Å². The SMILES string of the molecule is CN1C[C@H](CC(C#N)C(=O)N2CCCCC2)CC2c3cccc4[nH]cc(c34)C[C@H]21. The average Bonchev–Trinajstić information content (AvgIpc) is 3.17. The summed E-state index contributed by atoms with van der Waals surface area (Å²) in [5.41, 5.74) is 4.11. The first kappa shape index (κ1) is 18.7. The first-order valence-corrected chi connectivity index (χ1v) is 11.1. The molecule has 3 heterocycles. The lowest BCUT2D eigenvalue weighted by Gasteiger charge is -2.46. The Balaban J connectivity index is 1.36. The smallest absolute Gasteiger partial charge is 0.239 e. The van der Waals surface area contributed by atoms with E-state index in [9.17, 15) is 10.1 Å². The standard InChI is InChI=1S/C24H30N4O/c1-27-15-16(10-17(13-25)24(29)28-8-3-2-4-9-28)11-20-19-6-5-7-21-23(19)18(14-26-21)12-22(20)27/h5-7,14,16-17,20,22,26H,2-4,8-12,15H2,1H3/t16-,17?,20?,22-/m1/s1. The van der Waals surface area contributed by atoms with E-state index in [1.807, 2.05) is 4.90 Å². The molecule has 152 valence electrons. The molecule has 2 aliphatic heterocycles. The zero-order valence-electron chi connectivity index (χ0n) is 17.2. The number of H-pyrrole nitrogens is 1. The molecule has 1 N–H and O–H groups in total. The van der Waals surface area contributed by atoms with Gasteiger partial charge in [0.15, 0.2) is 0 Å². The van der Waals surface area contributed by atoms with Gasteiger partial charge in [0.2, 0.25) is 5.91 Å². The van der Waals surface area contributed by atoms with Crippen molar-refractivity contribution in [1.82, 2.24) is 14.8 Å². The van der Waals surface area contributed by atoms with Gasteiger partial charge in [-0.3, -0.25) is 4.79 Å². The average molecular weight is 391 g/mol. The molecule has 1 aromatic heterocycles. The number of benzene rings is 1. The van der Waals surface area contributed by atoms with Gasteiger partial charge in [0.25, 0.3) is 0 Å². The van der Waals surface area contributed by atoms with Crippen LogP contribution in [-0.2, 0) is 11.2 Å². The van der Waals surface area contributed by atoms with Gasteiger partial charge in [0.05, 0.1) is 6.07 Å². The van der Waals surface area contributed by atoms with Gasteiger partial charge in [0.1, 0.15) is 5.92 Å². The second kappa shape index (κ2) is 7.50. The highest BCUT2D eigenvalue weighted by Gasteiger charge is 2.40. The molecule has 0 bridgehead atoms. The van der Waals surface area contributed by atoms with Crippen LogP contribution in [0.15, 0.2) is 24.4 Å².